The lowest BCUT2D eigenvalue weighted by Crippen LogP contribution is -2.66. The first-order valence-electron chi connectivity index (χ1n) is 8.10. The lowest BCUT2D eigenvalue weighted by molar-refractivity contribution is -0.134. The second kappa shape index (κ2) is 9.75. The number of hydrogen-bond acceptors (Lipinski definition) is 6. The minimum absolute atomic E-state index is 0.0899. The molecule has 2 rings (SSSR count). The molecule has 2 atom stereocenters. The van der Waals surface area contributed by atoms with Gasteiger partial charge in [0, 0.05) is 17.3 Å². The third-order valence-electron chi connectivity index (χ3n) is 3.78. The summed E-state index contributed by atoms with van der Waals surface area (Å²) >= 11 is 1.25. The summed E-state index contributed by atoms with van der Waals surface area (Å²) in [4.78, 5) is 24.8. The van der Waals surface area contributed by atoms with Crippen LogP contribution in [0.1, 0.15) is 27.7 Å². The van der Waals surface area contributed by atoms with Gasteiger partial charge in [-0.15, -0.1) is 0 Å². The molecular weight excluding hydrogens is 402 g/mol. The van der Waals surface area contributed by atoms with E-state index in [1.165, 1.54) is 41.3 Å². The summed E-state index contributed by atoms with van der Waals surface area (Å²) in [5.41, 5.74) is 4.95. The second-order valence-corrected chi connectivity index (χ2v) is 6.84. The van der Waals surface area contributed by atoms with Gasteiger partial charge in [-0.05, 0) is 66.5 Å². The third-order valence-corrected chi connectivity index (χ3v) is 4.44. The topological polar surface area (TPSA) is 117 Å². The zero-order valence-corrected chi connectivity index (χ0v) is 15.9. The quantitative estimate of drug-likeness (QED) is 0.330. The molecule has 5 N–H and O–H groups in total. The van der Waals surface area contributed by atoms with E-state index in [-0.39, 0.29) is 5.56 Å². The van der Waals surface area contributed by atoms with Crippen LogP contribution < -0.4 is 16.5 Å². The molecule has 0 saturated heterocycles. The summed E-state index contributed by atoms with van der Waals surface area (Å²) in [5, 5.41) is 10.9. The van der Waals surface area contributed by atoms with Crippen molar-refractivity contribution < 1.29 is 23.6 Å². The third kappa shape index (κ3) is 5.83. The molecule has 1 heterocycles. The SMILES string of the molecule is CC(N)(C(F)F)[C@H](NC(=O)c1ccc(C#CC#Cc2ccns2)cc1)C(=O)NO. The van der Waals surface area contributed by atoms with Crippen LogP contribution in [0.25, 0.3) is 0 Å². The first kappa shape index (κ1) is 22.0. The summed E-state index contributed by atoms with van der Waals surface area (Å²) in [5.74, 6) is 8.87. The van der Waals surface area contributed by atoms with E-state index in [1.807, 2.05) is 0 Å². The highest BCUT2D eigenvalue weighted by Gasteiger charge is 2.44. The Hall–Kier alpha value is -3.31. The lowest BCUT2D eigenvalue weighted by Gasteiger charge is -2.32. The fourth-order valence-electron chi connectivity index (χ4n) is 2.09. The average Bonchev–Trinajstić information content (AvgIpc) is 3.22. The molecule has 0 aliphatic heterocycles. The van der Waals surface area contributed by atoms with E-state index in [2.05, 4.69) is 33.4 Å². The van der Waals surface area contributed by atoms with Crippen molar-refractivity contribution >= 4 is 23.3 Å². The Balaban J connectivity index is 2.10. The first-order chi connectivity index (χ1) is 13.8. The zero-order valence-electron chi connectivity index (χ0n) is 15.1. The molecule has 0 bridgehead atoms. The van der Waals surface area contributed by atoms with Gasteiger partial charge in [0.1, 0.15) is 11.6 Å². The maximum Gasteiger partial charge on any atom is 0.268 e. The standard InChI is InChI=1S/C19H16F2N4O3S/c1-19(22,18(20)21)15(17(27)25-28)24-16(26)13-8-6-12(7-9-13)4-2-3-5-14-10-11-23-29-14/h6-11,15,18,28H,22H2,1H3,(H,24,26)(H,25,27)/t15-,19?/m1/s1. The highest BCUT2D eigenvalue weighted by molar-refractivity contribution is 7.06. The lowest BCUT2D eigenvalue weighted by atomic mass is 9.92. The predicted molar refractivity (Wildman–Crippen MR) is 102 cm³/mol. The van der Waals surface area contributed by atoms with E-state index < -0.39 is 29.8 Å². The Morgan fingerprint density at radius 2 is 1.86 bits per heavy atom. The molecule has 150 valence electrons. The Morgan fingerprint density at radius 3 is 2.41 bits per heavy atom. The molecule has 0 fully saturated rings. The Labute approximate surface area is 169 Å². The van der Waals surface area contributed by atoms with E-state index >= 15 is 0 Å². The van der Waals surface area contributed by atoms with Gasteiger partial charge >= 0.3 is 0 Å². The van der Waals surface area contributed by atoms with Gasteiger partial charge in [0.25, 0.3) is 18.2 Å². The largest absolute Gasteiger partial charge is 0.338 e. The number of rotatable bonds is 5. The molecule has 0 radical (unpaired) electrons. The van der Waals surface area contributed by atoms with Gasteiger partial charge < -0.3 is 11.1 Å². The van der Waals surface area contributed by atoms with Crippen LogP contribution in [0.15, 0.2) is 36.5 Å². The van der Waals surface area contributed by atoms with Crippen molar-refractivity contribution in [3.05, 3.63) is 52.5 Å². The van der Waals surface area contributed by atoms with Crippen LogP contribution in [0.5, 0.6) is 0 Å². The molecular formula is C19H16F2N4O3S. The summed E-state index contributed by atoms with van der Waals surface area (Å²) in [7, 11) is 0. The van der Waals surface area contributed by atoms with Crippen LogP contribution in [-0.4, -0.2) is 39.4 Å². The number of halogens is 2. The number of hydroxylamine groups is 1. The number of amides is 2. The number of nitrogens with zero attached hydrogens (tertiary/aromatic N) is 1. The summed E-state index contributed by atoms with van der Waals surface area (Å²) in [6.07, 6.45) is -1.50. The highest BCUT2D eigenvalue weighted by atomic mass is 32.1. The minimum Gasteiger partial charge on any atom is -0.338 e. The molecule has 1 unspecified atom stereocenters. The Bertz CT molecular complexity index is 984. The zero-order chi connectivity index (χ0) is 21.4. The second-order valence-electron chi connectivity index (χ2n) is 6.00. The molecule has 1 aromatic carbocycles. The van der Waals surface area contributed by atoms with Gasteiger partial charge in [-0.25, -0.2) is 14.3 Å². The normalized spacial score (nSPS) is 13.2. The fraction of sp³-hybridized carbons (Fsp3) is 0.211. The van der Waals surface area contributed by atoms with Crippen molar-refractivity contribution in [3.8, 4) is 23.7 Å². The molecule has 2 amide bonds. The van der Waals surface area contributed by atoms with Crippen LogP contribution in [0.2, 0.25) is 0 Å². The molecule has 0 saturated carbocycles. The average molecular weight is 418 g/mol. The van der Waals surface area contributed by atoms with Crippen molar-refractivity contribution in [2.24, 2.45) is 5.73 Å². The Kier molecular flexibility index (Phi) is 7.39. The van der Waals surface area contributed by atoms with E-state index in [4.69, 9.17) is 10.9 Å². The maximum absolute atomic E-state index is 13.1. The monoisotopic (exact) mass is 418 g/mol. The molecule has 1 aromatic heterocycles. The van der Waals surface area contributed by atoms with Gasteiger partial charge in [0.15, 0.2) is 0 Å². The van der Waals surface area contributed by atoms with Crippen molar-refractivity contribution in [2.45, 2.75) is 24.9 Å². The molecule has 7 nitrogen and oxygen atoms in total. The summed E-state index contributed by atoms with van der Waals surface area (Å²) in [6, 6.07) is 5.78. The predicted octanol–water partition coefficient (Wildman–Crippen LogP) is 1.13. The van der Waals surface area contributed by atoms with Crippen molar-refractivity contribution in [1.82, 2.24) is 15.2 Å². The van der Waals surface area contributed by atoms with Crippen LogP contribution in [0, 0.1) is 23.7 Å². The number of benzene rings is 1. The van der Waals surface area contributed by atoms with Crippen LogP contribution in [-0.2, 0) is 4.79 Å². The number of aromatic nitrogens is 1. The molecule has 0 aliphatic carbocycles. The fourth-order valence-corrected chi connectivity index (χ4v) is 2.54. The van der Waals surface area contributed by atoms with Crippen LogP contribution in [0.3, 0.4) is 0 Å². The number of nitrogens with two attached hydrogens (primary N) is 1. The van der Waals surface area contributed by atoms with Gasteiger partial charge in [0.2, 0.25) is 0 Å². The minimum atomic E-state index is -3.13. The van der Waals surface area contributed by atoms with Crippen molar-refractivity contribution in [1.29, 1.82) is 0 Å². The number of carbonyl (C=O) groups is 2. The Morgan fingerprint density at radius 1 is 1.21 bits per heavy atom. The van der Waals surface area contributed by atoms with E-state index in [9.17, 15) is 18.4 Å². The van der Waals surface area contributed by atoms with Crippen molar-refractivity contribution in [2.75, 3.05) is 0 Å². The van der Waals surface area contributed by atoms with Gasteiger partial charge in [0.05, 0.1) is 4.88 Å². The summed E-state index contributed by atoms with van der Waals surface area (Å²) in [6.45, 7) is 0.893. The highest BCUT2D eigenvalue weighted by Crippen LogP contribution is 2.18. The van der Waals surface area contributed by atoms with E-state index in [0.29, 0.717) is 5.56 Å². The van der Waals surface area contributed by atoms with Gasteiger partial charge in [-0.3, -0.25) is 14.8 Å². The first-order valence-corrected chi connectivity index (χ1v) is 8.87. The summed E-state index contributed by atoms with van der Waals surface area (Å²) < 4.78 is 30.2. The van der Waals surface area contributed by atoms with E-state index in [1.54, 1.807) is 12.3 Å². The van der Waals surface area contributed by atoms with Gasteiger partial charge in [-0.2, -0.15) is 4.37 Å². The molecule has 2 aromatic rings. The molecule has 0 spiro atoms. The van der Waals surface area contributed by atoms with Gasteiger partial charge in [-0.1, -0.05) is 5.92 Å². The number of carbonyl (C=O) groups excluding carboxylic acids is 2. The van der Waals surface area contributed by atoms with Crippen LogP contribution >= 0.6 is 11.5 Å². The molecule has 29 heavy (non-hydrogen) atoms. The van der Waals surface area contributed by atoms with E-state index in [0.717, 1.165) is 11.8 Å². The smallest absolute Gasteiger partial charge is 0.268 e. The number of alkyl halides is 2. The number of nitrogens with one attached hydrogen (secondary N) is 2. The molecule has 10 heteroatoms. The molecule has 0 aliphatic rings. The van der Waals surface area contributed by atoms with Crippen LogP contribution in [0.4, 0.5) is 8.78 Å². The maximum atomic E-state index is 13.1. The number of hydrogen-bond donors (Lipinski definition) is 4. The van der Waals surface area contributed by atoms with Crippen molar-refractivity contribution in [3.63, 3.8) is 0 Å².